The highest BCUT2D eigenvalue weighted by Gasteiger charge is 2.08. The van der Waals surface area contributed by atoms with Gasteiger partial charge in [0.1, 0.15) is 11.6 Å². The van der Waals surface area contributed by atoms with Gasteiger partial charge in [0.2, 0.25) is 5.91 Å². The summed E-state index contributed by atoms with van der Waals surface area (Å²) in [5.74, 6) is -0.296. The number of carbonyl (C=O) groups excluding carboxylic acids is 1. The summed E-state index contributed by atoms with van der Waals surface area (Å²) in [4.78, 5) is 19.3. The molecule has 2 rings (SSSR count). The van der Waals surface area contributed by atoms with Crippen LogP contribution < -0.4 is 10.6 Å². The van der Waals surface area contributed by atoms with Crippen molar-refractivity contribution in [2.45, 2.75) is 6.42 Å². The number of aliphatic imine (C=N–C) groups is 1. The van der Waals surface area contributed by atoms with E-state index in [1.807, 2.05) is 0 Å². The van der Waals surface area contributed by atoms with Gasteiger partial charge in [-0.15, -0.1) is 0 Å². The number of hydrogen-bond acceptors (Lipinski definition) is 4. The largest absolute Gasteiger partial charge is 0.353 e. The van der Waals surface area contributed by atoms with Gasteiger partial charge in [-0.3, -0.25) is 9.79 Å². The molecule has 0 aliphatic carbocycles. The van der Waals surface area contributed by atoms with Crippen molar-refractivity contribution in [2.24, 2.45) is 4.99 Å². The van der Waals surface area contributed by atoms with Gasteiger partial charge in [-0.1, -0.05) is 0 Å². The molecule has 0 atom stereocenters. The smallest absolute Gasteiger partial charge is 0.229 e. The Balaban J connectivity index is 1.89. The first-order valence-electron chi connectivity index (χ1n) is 5.08. The fourth-order valence-electron chi connectivity index (χ4n) is 1.37. The molecule has 17 heavy (non-hydrogen) atoms. The average molecular weight is 234 g/mol. The van der Waals surface area contributed by atoms with E-state index in [9.17, 15) is 9.18 Å². The molecular formula is C11H11FN4O. The average Bonchev–Trinajstić information content (AvgIpc) is 2.33. The summed E-state index contributed by atoms with van der Waals surface area (Å²) >= 11 is 0. The van der Waals surface area contributed by atoms with Crippen LogP contribution in [0.1, 0.15) is 6.42 Å². The monoisotopic (exact) mass is 234 g/mol. The highest BCUT2D eigenvalue weighted by Crippen LogP contribution is 2.07. The quantitative estimate of drug-likeness (QED) is 0.822. The zero-order valence-electron chi connectivity index (χ0n) is 8.98. The minimum absolute atomic E-state index is 0.200. The summed E-state index contributed by atoms with van der Waals surface area (Å²) < 4.78 is 12.6. The third-order valence-electron chi connectivity index (χ3n) is 2.13. The molecule has 1 aliphatic rings. The zero-order chi connectivity index (χ0) is 12.1. The first kappa shape index (κ1) is 11.3. The molecule has 0 aromatic carbocycles. The molecule has 2 heterocycles. The van der Waals surface area contributed by atoms with Crippen LogP contribution in [0.15, 0.2) is 35.1 Å². The van der Waals surface area contributed by atoms with Crippen LogP contribution >= 0.6 is 0 Å². The van der Waals surface area contributed by atoms with E-state index in [4.69, 9.17) is 0 Å². The number of anilines is 1. The minimum atomic E-state index is -0.434. The number of aromatic nitrogens is 1. The van der Waals surface area contributed by atoms with Crippen LogP contribution in [0.3, 0.4) is 0 Å². The number of nitrogens with zero attached hydrogens (tertiary/aromatic N) is 2. The molecule has 88 valence electrons. The second kappa shape index (κ2) is 5.20. The maximum Gasteiger partial charge on any atom is 0.229 e. The van der Waals surface area contributed by atoms with Gasteiger partial charge < -0.3 is 10.6 Å². The number of halogens is 1. The standard InChI is InChI=1S/C11H11FN4O/c12-9-1-2-10(15-6-9)16-11(17)3-8-4-13-7-14-5-8/h1-2,4,6-7H,3,5H2,(H,13,14)(H,15,16,17). The SMILES string of the molecule is O=C(CC1=CNC=NC1)Nc1ccc(F)cn1. The van der Waals surface area contributed by atoms with E-state index >= 15 is 0 Å². The summed E-state index contributed by atoms with van der Waals surface area (Å²) in [6.07, 6.45) is 4.61. The van der Waals surface area contributed by atoms with E-state index in [2.05, 4.69) is 20.6 Å². The Bertz CT molecular complexity index is 467. The highest BCUT2D eigenvalue weighted by atomic mass is 19.1. The van der Waals surface area contributed by atoms with Gasteiger partial charge in [-0.2, -0.15) is 0 Å². The van der Waals surface area contributed by atoms with Crippen LogP contribution in [0.25, 0.3) is 0 Å². The molecule has 0 saturated carbocycles. The summed E-state index contributed by atoms with van der Waals surface area (Å²) in [6, 6.07) is 2.66. The number of amides is 1. The Morgan fingerprint density at radius 1 is 1.53 bits per heavy atom. The zero-order valence-corrected chi connectivity index (χ0v) is 8.98. The van der Waals surface area contributed by atoms with Gasteiger partial charge in [-0.25, -0.2) is 9.37 Å². The number of carbonyl (C=O) groups is 1. The lowest BCUT2D eigenvalue weighted by Crippen LogP contribution is -2.17. The van der Waals surface area contributed by atoms with Crippen molar-refractivity contribution >= 4 is 18.1 Å². The van der Waals surface area contributed by atoms with Crippen molar-refractivity contribution in [1.82, 2.24) is 10.3 Å². The van der Waals surface area contributed by atoms with Crippen LogP contribution in [-0.4, -0.2) is 23.8 Å². The molecule has 0 saturated heterocycles. The molecule has 1 aromatic heterocycles. The van der Waals surface area contributed by atoms with Crippen molar-refractivity contribution in [1.29, 1.82) is 0 Å². The number of rotatable bonds is 3. The fraction of sp³-hybridized carbons (Fsp3) is 0.182. The second-order valence-electron chi connectivity index (χ2n) is 3.53. The Hall–Kier alpha value is -2.24. The van der Waals surface area contributed by atoms with Gasteiger partial charge in [0.05, 0.1) is 25.5 Å². The van der Waals surface area contributed by atoms with Crippen LogP contribution in [0.2, 0.25) is 0 Å². The lowest BCUT2D eigenvalue weighted by Gasteiger charge is -2.09. The molecule has 5 nitrogen and oxygen atoms in total. The van der Waals surface area contributed by atoms with Crippen molar-refractivity contribution in [3.8, 4) is 0 Å². The summed E-state index contributed by atoms with van der Waals surface area (Å²) in [5.41, 5.74) is 0.882. The van der Waals surface area contributed by atoms with Gasteiger partial charge in [0.25, 0.3) is 0 Å². The predicted octanol–water partition coefficient (Wildman–Crippen LogP) is 1.06. The van der Waals surface area contributed by atoms with E-state index in [0.29, 0.717) is 12.4 Å². The van der Waals surface area contributed by atoms with E-state index in [0.717, 1.165) is 11.8 Å². The van der Waals surface area contributed by atoms with Crippen LogP contribution in [0, 0.1) is 5.82 Å². The second-order valence-corrected chi connectivity index (χ2v) is 3.53. The van der Waals surface area contributed by atoms with E-state index in [-0.39, 0.29) is 12.3 Å². The van der Waals surface area contributed by atoms with E-state index in [1.165, 1.54) is 12.1 Å². The van der Waals surface area contributed by atoms with Gasteiger partial charge in [0.15, 0.2) is 0 Å². The molecule has 1 aliphatic heterocycles. The molecule has 1 amide bonds. The predicted molar refractivity (Wildman–Crippen MR) is 62.0 cm³/mol. The maximum absolute atomic E-state index is 12.6. The van der Waals surface area contributed by atoms with E-state index in [1.54, 1.807) is 12.5 Å². The first-order chi connectivity index (χ1) is 8.24. The lowest BCUT2D eigenvalue weighted by atomic mass is 10.2. The van der Waals surface area contributed by atoms with Crippen molar-refractivity contribution in [3.63, 3.8) is 0 Å². The van der Waals surface area contributed by atoms with Crippen molar-refractivity contribution in [2.75, 3.05) is 11.9 Å². The fourth-order valence-corrected chi connectivity index (χ4v) is 1.37. The number of pyridine rings is 1. The summed E-state index contributed by atoms with van der Waals surface area (Å²) in [7, 11) is 0. The summed E-state index contributed by atoms with van der Waals surface area (Å²) in [5, 5.41) is 5.39. The van der Waals surface area contributed by atoms with Crippen LogP contribution in [-0.2, 0) is 4.79 Å². The van der Waals surface area contributed by atoms with Crippen LogP contribution in [0.5, 0.6) is 0 Å². The number of hydrogen-bond donors (Lipinski definition) is 2. The molecule has 0 unspecified atom stereocenters. The van der Waals surface area contributed by atoms with Gasteiger partial charge in [0, 0.05) is 6.20 Å². The molecule has 0 radical (unpaired) electrons. The molecular weight excluding hydrogens is 223 g/mol. The highest BCUT2D eigenvalue weighted by molar-refractivity contribution is 5.91. The Morgan fingerprint density at radius 3 is 3.06 bits per heavy atom. The molecule has 1 aromatic rings. The van der Waals surface area contributed by atoms with Gasteiger partial charge in [-0.05, 0) is 17.7 Å². The third-order valence-corrected chi connectivity index (χ3v) is 2.13. The van der Waals surface area contributed by atoms with Gasteiger partial charge >= 0.3 is 0 Å². The topological polar surface area (TPSA) is 66.4 Å². The first-order valence-corrected chi connectivity index (χ1v) is 5.08. The molecule has 6 heteroatoms. The maximum atomic E-state index is 12.6. The molecule has 0 spiro atoms. The third kappa shape index (κ3) is 3.37. The lowest BCUT2D eigenvalue weighted by molar-refractivity contribution is -0.115. The number of nitrogens with one attached hydrogen (secondary N) is 2. The summed E-state index contributed by atoms with van der Waals surface area (Å²) in [6.45, 7) is 0.511. The van der Waals surface area contributed by atoms with Crippen LogP contribution in [0.4, 0.5) is 10.2 Å². The normalized spacial score (nSPS) is 13.8. The van der Waals surface area contributed by atoms with E-state index < -0.39 is 5.82 Å². The van der Waals surface area contributed by atoms with Crippen molar-refractivity contribution < 1.29 is 9.18 Å². The minimum Gasteiger partial charge on any atom is -0.353 e. The Labute approximate surface area is 97.5 Å². The molecule has 0 fully saturated rings. The van der Waals surface area contributed by atoms with Crippen molar-refractivity contribution in [3.05, 3.63) is 35.9 Å². The molecule has 2 N–H and O–H groups in total. The molecule has 0 bridgehead atoms. The Morgan fingerprint density at radius 2 is 2.41 bits per heavy atom. The Kier molecular flexibility index (Phi) is 3.44.